The lowest BCUT2D eigenvalue weighted by Gasteiger charge is -2.27. The molecular weight excluding hydrogens is 514 g/mol. The third-order valence-electron chi connectivity index (χ3n) is 6.11. The molecule has 0 fully saturated rings. The largest absolute Gasteiger partial charge is 0.480 e. The minimum atomic E-state index is -1.36. The molecule has 3 aromatic carbocycles. The molecule has 0 aliphatic heterocycles. The molecule has 0 spiro atoms. The van der Waals surface area contributed by atoms with Crippen LogP contribution in [0.5, 0.6) is 0 Å². The van der Waals surface area contributed by atoms with Crippen LogP contribution in [0.3, 0.4) is 0 Å². The second-order valence-electron chi connectivity index (χ2n) is 9.75. The van der Waals surface area contributed by atoms with Gasteiger partial charge in [0, 0.05) is 31.6 Å². The van der Waals surface area contributed by atoms with Crippen molar-refractivity contribution in [3.05, 3.63) is 100 Å². The Hall–Kier alpha value is -4.73. The number of carbonyl (C=O) groups excluding carboxylic acids is 2. The lowest BCUT2D eigenvalue weighted by atomic mass is 9.94. The van der Waals surface area contributed by atoms with Gasteiger partial charge in [-0.1, -0.05) is 74.5 Å². The summed E-state index contributed by atoms with van der Waals surface area (Å²) in [5, 5.41) is 23.9. The average Bonchev–Trinajstić information content (AvgIpc) is 2.94. The van der Waals surface area contributed by atoms with Crippen molar-refractivity contribution < 1.29 is 29.2 Å². The standard InChI is InChI=1S/C30H33N3O7/c1-21(2)19-32(16-15-28(34)40-20-22-9-5-3-6-10-22)30(37)31-27(29(35)36)18-24-17-25(33(38)39)13-14-26(24)23-11-7-4-8-12-23/h3-14,17,21,27H,15-16,18-20H2,1-2H3,(H,31,37)(H,35,36)/t27-/m0/s1. The van der Waals surface area contributed by atoms with E-state index in [2.05, 4.69) is 5.32 Å². The number of urea groups is 1. The van der Waals surface area contributed by atoms with E-state index >= 15 is 0 Å². The first-order valence-corrected chi connectivity index (χ1v) is 12.9. The molecule has 3 aromatic rings. The molecule has 0 radical (unpaired) electrons. The molecule has 0 heterocycles. The van der Waals surface area contributed by atoms with Gasteiger partial charge in [0.05, 0.1) is 11.3 Å². The molecule has 0 aromatic heterocycles. The summed E-state index contributed by atoms with van der Waals surface area (Å²) in [6.45, 7) is 4.24. The average molecular weight is 548 g/mol. The zero-order chi connectivity index (χ0) is 29.1. The van der Waals surface area contributed by atoms with Crippen LogP contribution in [0.25, 0.3) is 11.1 Å². The summed E-state index contributed by atoms with van der Waals surface area (Å²) in [6, 6.07) is 20.6. The molecule has 0 bridgehead atoms. The van der Waals surface area contributed by atoms with Gasteiger partial charge in [0.25, 0.3) is 5.69 Å². The number of esters is 1. The monoisotopic (exact) mass is 547 g/mol. The second-order valence-corrected chi connectivity index (χ2v) is 9.75. The van der Waals surface area contributed by atoms with E-state index in [0.29, 0.717) is 11.1 Å². The molecule has 0 saturated carbocycles. The second kappa shape index (κ2) is 14.4. The third-order valence-corrected chi connectivity index (χ3v) is 6.11. The number of carboxylic acid groups (broad SMARTS) is 1. The molecule has 40 heavy (non-hydrogen) atoms. The van der Waals surface area contributed by atoms with Crippen molar-refractivity contribution in [1.29, 1.82) is 0 Å². The van der Waals surface area contributed by atoms with E-state index in [-0.39, 0.29) is 44.1 Å². The Bertz CT molecular complexity index is 1310. The number of amides is 2. The number of nitrogens with zero attached hydrogens (tertiary/aromatic N) is 2. The van der Waals surface area contributed by atoms with Crippen molar-refractivity contribution in [3.63, 3.8) is 0 Å². The van der Waals surface area contributed by atoms with Gasteiger partial charge in [-0.25, -0.2) is 9.59 Å². The van der Waals surface area contributed by atoms with Crippen molar-refractivity contribution in [2.75, 3.05) is 13.1 Å². The molecule has 2 amide bonds. The number of ether oxygens (including phenoxy) is 1. The molecule has 10 heteroatoms. The van der Waals surface area contributed by atoms with Crippen LogP contribution in [0, 0.1) is 16.0 Å². The maximum absolute atomic E-state index is 13.2. The third kappa shape index (κ3) is 8.93. The molecule has 210 valence electrons. The fraction of sp³-hybridized carbons (Fsp3) is 0.300. The van der Waals surface area contributed by atoms with Crippen LogP contribution in [-0.4, -0.2) is 52.0 Å². The van der Waals surface area contributed by atoms with Crippen LogP contribution in [0.4, 0.5) is 10.5 Å². The van der Waals surface area contributed by atoms with Crippen LogP contribution < -0.4 is 5.32 Å². The highest BCUT2D eigenvalue weighted by atomic mass is 16.6. The Morgan fingerprint density at radius 3 is 2.25 bits per heavy atom. The first-order valence-electron chi connectivity index (χ1n) is 12.9. The van der Waals surface area contributed by atoms with E-state index in [1.165, 1.54) is 17.0 Å². The number of nitrogens with one attached hydrogen (secondary N) is 1. The van der Waals surface area contributed by atoms with Crippen LogP contribution >= 0.6 is 0 Å². The van der Waals surface area contributed by atoms with Gasteiger partial charge in [-0.2, -0.15) is 0 Å². The van der Waals surface area contributed by atoms with Gasteiger partial charge in [-0.15, -0.1) is 0 Å². The van der Waals surface area contributed by atoms with Crippen molar-refractivity contribution in [3.8, 4) is 11.1 Å². The summed E-state index contributed by atoms with van der Waals surface area (Å²) >= 11 is 0. The highest BCUT2D eigenvalue weighted by molar-refractivity contribution is 5.84. The summed E-state index contributed by atoms with van der Waals surface area (Å²) in [4.78, 5) is 50.0. The predicted octanol–water partition coefficient (Wildman–Crippen LogP) is 5.06. The van der Waals surface area contributed by atoms with E-state index in [1.807, 2.05) is 74.5 Å². The smallest absolute Gasteiger partial charge is 0.326 e. The summed E-state index contributed by atoms with van der Waals surface area (Å²) in [7, 11) is 0. The molecule has 0 aliphatic rings. The number of rotatable bonds is 13. The molecule has 0 unspecified atom stereocenters. The lowest BCUT2D eigenvalue weighted by Crippen LogP contribution is -2.50. The summed E-state index contributed by atoms with van der Waals surface area (Å²) in [6.07, 6.45) is -0.241. The van der Waals surface area contributed by atoms with Crippen LogP contribution in [-0.2, 0) is 27.4 Å². The summed E-state index contributed by atoms with van der Waals surface area (Å²) in [5.41, 5.74) is 2.46. The van der Waals surface area contributed by atoms with Gasteiger partial charge < -0.3 is 20.1 Å². The van der Waals surface area contributed by atoms with Gasteiger partial charge in [-0.05, 0) is 34.2 Å². The normalized spacial score (nSPS) is 11.5. The molecule has 0 aliphatic carbocycles. The lowest BCUT2D eigenvalue weighted by molar-refractivity contribution is -0.384. The Kier molecular flexibility index (Phi) is 10.8. The van der Waals surface area contributed by atoms with Gasteiger partial charge in [-0.3, -0.25) is 14.9 Å². The number of aliphatic carboxylic acids is 1. The van der Waals surface area contributed by atoms with E-state index in [1.54, 1.807) is 6.07 Å². The maximum Gasteiger partial charge on any atom is 0.326 e. The number of carbonyl (C=O) groups is 3. The van der Waals surface area contributed by atoms with Gasteiger partial charge in [0.2, 0.25) is 0 Å². The van der Waals surface area contributed by atoms with Crippen LogP contribution in [0.15, 0.2) is 78.9 Å². The van der Waals surface area contributed by atoms with E-state index in [0.717, 1.165) is 11.1 Å². The minimum absolute atomic E-state index is 0.0377. The highest BCUT2D eigenvalue weighted by Crippen LogP contribution is 2.28. The van der Waals surface area contributed by atoms with Crippen molar-refractivity contribution in [1.82, 2.24) is 10.2 Å². The Labute approximate surface area is 232 Å². The molecule has 10 nitrogen and oxygen atoms in total. The molecule has 2 N–H and O–H groups in total. The topological polar surface area (TPSA) is 139 Å². The Morgan fingerprint density at radius 1 is 1.00 bits per heavy atom. The van der Waals surface area contributed by atoms with Crippen LogP contribution in [0.1, 0.15) is 31.4 Å². The first-order chi connectivity index (χ1) is 19.1. The number of nitro groups is 1. The van der Waals surface area contributed by atoms with Crippen molar-refractivity contribution in [2.24, 2.45) is 5.92 Å². The first kappa shape index (κ1) is 29.8. The number of nitro benzene ring substituents is 1. The molecule has 3 rings (SSSR count). The van der Waals surface area contributed by atoms with Crippen molar-refractivity contribution in [2.45, 2.75) is 39.3 Å². The van der Waals surface area contributed by atoms with Gasteiger partial charge >= 0.3 is 18.0 Å². The van der Waals surface area contributed by atoms with Gasteiger partial charge in [0.1, 0.15) is 12.6 Å². The van der Waals surface area contributed by atoms with E-state index < -0.39 is 28.9 Å². The SMILES string of the molecule is CC(C)CN(CCC(=O)OCc1ccccc1)C(=O)N[C@@H](Cc1cc([N+](=O)[O-])ccc1-c1ccccc1)C(=O)O. The Morgan fingerprint density at radius 2 is 1.65 bits per heavy atom. The Balaban J connectivity index is 1.73. The quantitative estimate of drug-likeness (QED) is 0.173. The number of carboxylic acids is 1. The van der Waals surface area contributed by atoms with Gasteiger partial charge in [0.15, 0.2) is 0 Å². The number of hydrogen-bond donors (Lipinski definition) is 2. The summed E-state index contributed by atoms with van der Waals surface area (Å²) in [5.74, 6) is -1.72. The predicted molar refractivity (Wildman–Crippen MR) is 149 cm³/mol. The fourth-order valence-corrected chi connectivity index (χ4v) is 4.18. The number of hydrogen-bond acceptors (Lipinski definition) is 6. The van der Waals surface area contributed by atoms with Crippen LogP contribution in [0.2, 0.25) is 0 Å². The zero-order valence-electron chi connectivity index (χ0n) is 22.5. The molecule has 0 saturated heterocycles. The highest BCUT2D eigenvalue weighted by Gasteiger charge is 2.26. The maximum atomic E-state index is 13.2. The van der Waals surface area contributed by atoms with Crippen molar-refractivity contribution >= 4 is 23.7 Å². The molecular formula is C30H33N3O7. The summed E-state index contributed by atoms with van der Waals surface area (Å²) < 4.78 is 5.30. The van der Waals surface area contributed by atoms with E-state index in [4.69, 9.17) is 4.74 Å². The minimum Gasteiger partial charge on any atom is -0.480 e. The number of non-ortho nitro benzene ring substituents is 1. The zero-order valence-corrected chi connectivity index (χ0v) is 22.5. The number of benzene rings is 3. The molecule has 1 atom stereocenters. The fourth-order valence-electron chi connectivity index (χ4n) is 4.18. The van der Waals surface area contributed by atoms with E-state index in [9.17, 15) is 29.6 Å².